The molecule has 1 aromatic rings. The van der Waals surface area contributed by atoms with Crippen LogP contribution in [0, 0.1) is 6.92 Å². The number of methoxy groups -OCH3 is 1. The highest BCUT2D eigenvalue weighted by Crippen LogP contribution is 2.42. The molecule has 0 saturated heterocycles. The van der Waals surface area contributed by atoms with Crippen molar-refractivity contribution in [3.05, 3.63) is 29.3 Å². The van der Waals surface area contributed by atoms with Crippen LogP contribution in [0.15, 0.2) is 18.2 Å². The van der Waals surface area contributed by atoms with Crippen molar-refractivity contribution in [2.75, 3.05) is 20.2 Å². The average molecular weight is 261 g/mol. The maximum atomic E-state index is 5.50. The fourth-order valence-corrected chi connectivity index (χ4v) is 3.27. The van der Waals surface area contributed by atoms with Gasteiger partial charge in [0.2, 0.25) is 0 Å². The van der Waals surface area contributed by atoms with E-state index in [1.807, 2.05) is 0 Å². The number of hydrogen-bond acceptors (Lipinski definition) is 2. The summed E-state index contributed by atoms with van der Waals surface area (Å²) in [7, 11) is 1.77. The summed E-state index contributed by atoms with van der Waals surface area (Å²) in [6, 6.07) is 6.76. The van der Waals surface area contributed by atoms with Crippen LogP contribution < -0.4 is 10.1 Å². The summed E-state index contributed by atoms with van der Waals surface area (Å²) >= 11 is 0. The normalized spacial score (nSPS) is 17.6. The lowest BCUT2D eigenvalue weighted by Gasteiger charge is -2.30. The number of aryl methyl sites for hydroxylation is 1. The standard InChI is InChI=1S/C17H27NO/c1-4-11-18-13-17(9-5-6-10-17)15-8-7-14(2)16(12-15)19-3/h7-8,12,18H,4-6,9-11,13H2,1-3H3. The fourth-order valence-electron chi connectivity index (χ4n) is 3.27. The first kappa shape index (κ1) is 14.4. The van der Waals surface area contributed by atoms with Gasteiger partial charge in [0.25, 0.3) is 0 Å². The van der Waals surface area contributed by atoms with E-state index in [-0.39, 0.29) is 0 Å². The molecule has 0 bridgehead atoms. The summed E-state index contributed by atoms with van der Waals surface area (Å²) < 4.78 is 5.50. The number of hydrogen-bond donors (Lipinski definition) is 1. The second-order valence-electron chi connectivity index (χ2n) is 5.85. The van der Waals surface area contributed by atoms with Gasteiger partial charge in [-0.25, -0.2) is 0 Å². The molecule has 1 saturated carbocycles. The van der Waals surface area contributed by atoms with Gasteiger partial charge in [-0.15, -0.1) is 0 Å². The van der Waals surface area contributed by atoms with Crippen LogP contribution in [-0.4, -0.2) is 20.2 Å². The van der Waals surface area contributed by atoms with Crippen molar-refractivity contribution in [2.45, 2.75) is 51.4 Å². The predicted octanol–water partition coefficient (Wildman–Crippen LogP) is 3.82. The Morgan fingerprint density at radius 2 is 2.00 bits per heavy atom. The number of ether oxygens (including phenoxy) is 1. The number of rotatable bonds is 6. The average Bonchev–Trinajstić information content (AvgIpc) is 2.89. The van der Waals surface area contributed by atoms with Crippen molar-refractivity contribution in [3.63, 3.8) is 0 Å². The van der Waals surface area contributed by atoms with Gasteiger partial charge in [-0.3, -0.25) is 0 Å². The van der Waals surface area contributed by atoms with E-state index in [4.69, 9.17) is 4.74 Å². The molecule has 1 N–H and O–H groups in total. The van der Waals surface area contributed by atoms with E-state index in [9.17, 15) is 0 Å². The Morgan fingerprint density at radius 1 is 1.26 bits per heavy atom. The van der Waals surface area contributed by atoms with Crippen LogP contribution in [-0.2, 0) is 5.41 Å². The molecular weight excluding hydrogens is 234 g/mol. The van der Waals surface area contributed by atoms with E-state index in [0.717, 1.165) is 18.8 Å². The van der Waals surface area contributed by atoms with E-state index in [1.165, 1.54) is 43.2 Å². The molecule has 2 rings (SSSR count). The lowest BCUT2D eigenvalue weighted by atomic mass is 9.78. The predicted molar refractivity (Wildman–Crippen MR) is 81.0 cm³/mol. The first-order chi connectivity index (χ1) is 9.22. The van der Waals surface area contributed by atoms with Gasteiger partial charge >= 0.3 is 0 Å². The summed E-state index contributed by atoms with van der Waals surface area (Å²) in [5.74, 6) is 1.03. The second-order valence-corrected chi connectivity index (χ2v) is 5.85. The molecule has 2 heteroatoms. The highest BCUT2D eigenvalue weighted by atomic mass is 16.5. The molecule has 1 fully saturated rings. The lowest BCUT2D eigenvalue weighted by molar-refractivity contribution is 0.392. The zero-order valence-corrected chi connectivity index (χ0v) is 12.6. The zero-order chi connectivity index (χ0) is 13.7. The molecule has 19 heavy (non-hydrogen) atoms. The largest absolute Gasteiger partial charge is 0.496 e. The van der Waals surface area contributed by atoms with Crippen molar-refractivity contribution in [1.82, 2.24) is 5.32 Å². The Balaban J connectivity index is 2.23. The van der Waals surface area contributed by atoms with Crippen molar-refractivity contribution in [2.24, 2.45) is 0 Å². The number of benzene rings is 1. The van der Waals surface area contributed by atoms with Crippen molar-refractivity contribution >= 4 is 0 Å². The second kappa shape index (κ2) is 6.42. The molecule has 1 aliphatic carbocycles. The van der Waals surface area contributed by atoms with Crippen molar-refractivity contribution in [1.29, 1.82) is 0 Å². The molecule has 0 aromatic heterocycles. The molecule has 1 aromatic carbocycles. The number of nitrogens with one attached hydrogen (secondary N) is 1. The third kappa shape index (κ3) is 3.11. The lowest BCUT2D eigenvalue weighted by Crippen LogP contribution is -2.36. The monoisotopic (exact) mass is 261 g/mol. The molecule has 0 aliphatic heterocycles. The first-order valence-electron chi connectivity index (χ1n) is 7.58. The smallest absolute Gasteiger partial charge is 0.122 e. The van der Waals surface area contributed by atoms with Crippen LogP contribution in [0.3, 0.4) is 0 Å². The van der Waals surface area contributed by atoms with Gasteiger partial charge in [0.1, 0.15) is 5.75 Å². The zero-order valence-electron chi connectivity index (χ0n) is 12.6. The van der Waals surface area contributed by atoms with Crippen molar-refractivity contribution in [3.8, 4) is 5.75 Å². The van der Waals surface area contributed by atoms with E-state index < -0.39 is 0 Å². The maximum Gasteiger partial charge on any atom is 0.122 e. The third-order valence-corrected chi connectivity index (χ3v) is 4.47. The van der Waals surface area contributed by atoms with Crippen LogP contribution >= 0.6 is 0 Å². The van der Waals surface area contributed by atoms with Crippen LogP contribution in [0.25, 0.3) is 0 Å². The van der Waals surface area contributed by atoms with Crippen LogP contribution in [0.2, 0.25) is 0 Å². The molecule has 0 heterocycles. The Kier molecular flexibility index (Phi) is 4.87. The summed E-state index contributed by atoms with van der Waals surface area (Å²) in [4.78, 5) is 0. The van der Waals surface area contributed by atoms with Gasteiger partial charge in [0, 0.05) is 12.0 Å². The van der Waals surface area contributed by atoms with E-state index >= 15 is 0 Å². The fraction of sp³-hybridized carbons (Fsp3) is 0.647. The molecule has 0 radical (unpaired) electrons. The molecule has 2 nitrogen and oxygen atoms in total. The molecule has 0 amide bonds. The van der Waals surface area contributed by atoms with E-state index in [1.54, 1.807) is 7.11 Å². The maximum absolute atomic E-state index is 5.50. The molecule has 0 unspecified atom stereocenters. The Labute approximate surface area is 117 Å². The molecule has 1 aliphatic rings. The molecule has 106 valence electrons. The van der Waals surface area contributed by atoms with E-state index in [0.29, 0.717) is 5.41 Å². The molecule has 0 atom stereocenters. The summed E-state index contributed by atoms with van der Waals surface area (Å²) in [5, 5.41) is 3.63. The van der Waals surface area contributed by atoms with Gasteiger partial charge in [-0.05, 0) is 49.9 Å². The summed E-state index contributed by atoms with van der Waals surface area (Å²) in [6.07, 6.45) is 6.51. The Bertz CT molecular complexity index is 408. The van der Waals surface area contributed by atoms with Crippen LogP contribution in [0.1, 0.15) is 50.2 Å². The molecular formula is C17H27NO. The summed E-state index contributed by atoms with van der Waals surface area (Å²) in [5.41, 5.74) is 3.01. The minimum Gasteiger partial charge on any atom is -0.496 e. The first-order valence-corrected chi connectivity index (χ1v) is 7.58. The highest BCUT2D eigenvalue weighted by molar-refractivity contribution is 5.40. The quantitative estimate of drug-likeness (QED) is 0.786. The van der Waals surface area contributed by atoms with Crippen LogP contribution in [0.4, 0.5) is 0 Å². The minimum absolute atomic E-state index is 0.330. The van der Waals surface area contributed by atoms with Crippen molar-refractivity contribution < 1.29 is 4.74 Å². The van der Waals surface area contributed by atoms with Crippen LogP contribution in [0.5, 0.6) is 5.75 Å². The Hall–Kier alpha value is -1.02. The topological polar surface area (TPSA) is 21.3 Å². The van der Waals surface area contributed by atoms with Gasteiger partial charge in [0.05, 0.1) is 7.11 Å². The van der Waals surface area contributed by atoms with Gasteiger partial charge in [-0.2, -0.15) is 0 Å². The summed E-state index contributed by atoms with van der Waals surface area (Å²) in [6.45, 7) is 6.56. The van der Waals surface area contributed by atoms with Gasteiger partial charge < -0.3 is 10.1 Å². The Morgan fingerprint density at radius 3 is 2.63 bits per heavy atom. The minimum atomic E-state index is 0.330. The molecule has 0 spiro atoms. The van der Waals surface area contributed by atoms with Gasteiger partial charge in [-0.1, -0.05) is 31.9 Å². The SMILES string of the molecule is CCCNCC1(c2ccc(C)c(OC)c2)CCCC1. The third-order valence-electron chi connectivity index (χ3n) is 4.47. The van der Waals surface area contributed by atoms with Gasteiger partial charge in [0.15, 0.2) is 0 Å². The van der Waals surface area contributed by atoms with E-state index in [2.05, 4.69) is 37.4 Å². The highest BCUT2D eigenvalue weighted by Gasteiger charge is 2.35.